The SMILES string of the molecule is c1ccc([Si](c2ccccc2)(c2ccccc2)c2cc(-n3c4ccccc4c4ccccc43)nc([Si](c3ccccc3)(c3ccccc3)c3ccccc3)[n+]2-c2ccccn2)cc1. The van der Waals surface area contributed by atoms with Crippen LogP contribution in [0, 0.1) is 0 Å². The number of pyridine rings is 1. The molecule has 4 nitrogen and oxygen atoms in total. The molecule has 0 fully saturated rings. The number of benzene rings is 8. The second kappa shape index (κ2) is 16.3. The van der Waals surface area contributed by atoms with Crippen LogP contribution in [-0.2, 0) is 0 Å². The Morgan fingerprint density at radius 1 is 0.349 bits per heavy atom. The van der Waals surface area contributed by atoms with Gasteiger partial charge in [-0.1, -0.05) is 229 Å². The molecule has 0 saturated heterocycles. The third-order valence-electron chi connectivity index (χ3n) is 12.6. The average Bonchev–Trinajstić information content (AvgIpc) is 3.71. The van der Waals surface area contributed by atoms with Crippen LogP contribution in [0.3, 0.4) is 0 Å². The lowest BCUT2D eigenvalue weighted by atomic mass is 10.2. The van der Waals surface area contributed by atoms with Crippen LogP contribution in [0.25, 0.3) is 33.4 Å². The van der Waals surface area contributed by atoms with E-state index in [1.807, 2.05) is 12.3 Å². The molecule has 0 amide bonds. The van der Waals surface area contributed by atoms with Crippen LogP contribution in [0.2, 0.25) is 0 Å². The summed E-state index contributed by atoms with van der Waals surface area (Å²) in [5.74, 6) is 1.69. The van der Waals surface area contributed by atoms with Crippen molar-refractivity contribution in [3.05, 3.63) is 261 Å². The van der Waals surface area contributed by atoms with Gasteiger partial charge in [0.1, 0.15) is 6.20 Å². The molecule has 0 aliphatic heterocycles. The molecular weight excluding hydrogens is 797 g/mol. The third-order valence-corrected chi connectivity index (χ3v) is 21.9. The number of rotatable bonds is 10. The first-order chi connectivity index (χ1) is 31.3. The highest BCUT2D eigenvalue weighted by Gasteiger charge is 2.54. The molecule has 63 heavy (non-hydrogen) atoms. The van der Waals surface area contributed by atoms with Crippen molar-refractivity contribution in [1.82, 2.24) is 14.5 Å². The van der Waals surface area contributed by atoms with Gasteiger partial charge in [0.2, 0.25) is 19.3 Å². The van der Waals surface area contributed by atoms with Gasteiger partial charge in [0, 0.05) is 22.9 Å². The average molecular weight is 840 g/mol. The molecule has 298 valence electrons. The van der Waals surface area contributed by atoms with Crippen molar-refractivity contribution in [2.24, 2.45) is 0 Å². The molecule has 6 heteroatoms. The number of para-hydroxylation sites is 2. The Bertz CT molecular complexity index is 2920. The summed E-state index contributed by atoms with van der Waals surface area (Å²) in [5.41, 5.74) is 3.19. The van der Waals surface area contributed by atoms with Gasteiger partial charge in [-0.05, 0) is 49.3 Å². The van der Waals surface area contributed by atoms with Crippen LogP contribution in [0.15, 0.2) is 261 Å². The topological polar surface area (TPSA) is 34.6 Å². The quantitative estimate of drug-likeness (QED) is 0.0885. The molecular formula is C57H43N4Si2+. The molecule has 3 aromatic heterocycles. The summed E-state index contributed by atoms with van der Waals surface area (Å²) in [7, 11) is -6.73. The van der Waals surface area contributed by atoms with Gasteiger partial charge in [-0.2, -0.15) is 0 Å². The molecule has 0 aliphatic carbocycles. The van der Waals surface area contributed by atoms with Crippen molar-refractivity contribution >= 4 is 79.8 Å². The Hall–Kier alpha value is -7.78. The van der Waals surface area contributed by atoms with Crippen LogP contribution in [0.1, 0.15) is 0 Å². The van der Waals surface area contributed by atoms with Gasteiger partial charge in [0.05, 0.1) is 16.4 Å². The van der Waals surface area contributed by atoms with E-state index in [2.05, 4.69) is 258 Å². The van der Waals surface area contributed by atoms with Crippen molar-refractivity contribution in [2.75, 3.05) is 0 Å². The molecule has 0 N–H and O–H groups in total. The van der Waals surface area contributed by atoms with Gasteiger partial charge in [0.25, 0.3) is 13.9 Å². The zero-order valence-corrected chi connectivity index (χ0v) is 36.6. The fraction of sp³-hybridized carbons (Fsp3) is 0. The lowest BCUT2D eigenvalue weighted by molar-refractivity contribution is -0.565. The molecule has 0 bridgehead atoms. The number of aromatic nitrogens is 4. The van der Waals surface area contributed by atoms with Crippen molar-refractivity contribution < 1.29 is 4.57 Å². The zero-order chi connectivity index (χ0) is 42.1. The summed E-state index contributed by atoms with van der Waals surface area (Å²) in [6, 6.07) is 93.2. The van der Waals surface area contributed by atoms with Gasteiger partial charge in [-0.15, -0.1) is 4.98 Å². The Morgan fingerprint density at radius 2 is 0.698 bits per heavy atom. The molecule has 0 aliphatic rings. The number of hydrogen-bond acceptors (Lipinski definition) is 2. The Kier molecular flexibility index (Phi) is 9.84. The zero-order valence-electron chi connectivity index (χ0n) is 34.6. The molecule has 0 radical (unpaired) electrons. The van der Waals surface area contributed by atoms with Crippen LogP contribution < -0.4 is 46.5 Å². The van der Waals surface area contributed by atoms with E-state index in [0.29, 0.717) is 0 Å². The van der Waals surface area contributed by atoms with E-state index in [1.54, 1.807) is 0 Å². The van der Waals surface area contributed by atoms with E-state index in [1.165, 1.54) is 41.9 Å². The van der Waals surface area contributed by atoms with E-state index in [4.69, 9.17) is 9.97 Å². The predicted molar refractivity (Wildman–Crippen MR) is 265 cm³/mol. The Balaban J connectivity index is 1.46. The van der Waals surface area contributed by atoms with Crippen molar-refractivity contribution in [3.63, 3.8) is 0 Å². The Labute approximate surface area is 369 Å². The summed E-state index contributed by atoms with van der Waals surface area (Å²) in [5, 5.41) is 11.0. The summed E-state index contributed by atoms with van der Waals surface area (Å²) >= 11 is 0. The molecule has 0 atom stereocenters. The van der Waals surface area contributed by atoms with E-state index in [0.717, 1.165) is 33.4 Å². The second-order valence-corrected chi connectivity index (χ2v) is 23.3. The maximum Gasteiger partial charge on any atom is 0.266 e. The minimum absolute atomic E-state index is 0.822. The highest BCUT2D eigenvalue weighted by Crippen LogP contribution is 2.31. The molecule has 0 spiro atoms. The smallest absolute Gasteiger partial charge is 0.266 e. The number of hydrogen-bond donors (Lipinski definition) is 0. The van der Waals surface area contributed by atoms with Gasteiger partial charge in [0.15, 0.2) is 0 Å². The molecule has 0 saturated carbocycles. The third kappa shape index (κ3) is 6.22. The maximum absolute atomic E-state index is 6.22. The van der Waals surface area contributed by atoms with Crippen molar-refractivity contribution in [2.45, 2.75) is 0 Å². The first-order valence-electron chi connectivity index (χ1n) is 21.5. The fourth-order valence-corrected chi connectivity index (χ4v) is 19.7. The predicted octanol–water partition coefficient (Wildman–Crippen LogP) is 6.61. The first-order valence-corrected chi connectivity index (χ1v) is 25.5. The minimum atomic E-state index is -3.40. The molecule has 11 aromatic rings. The van der Waals surface area contributed by atoms with E-state index in [9.17, 15) is 0 Å². The minimum Gasteiger partial charge on any atom is -0.280 e. The normalized spacial score (nSPS) is 11.8. The highest BCUT2D eigenvalue weighted by molar-refractivity contribution is 7.20. The van der Waals surface area contributed by atoms with Gasteiger partial charge >= 0.3 is 0 Å². The van der Waals surface area contributed by atoms with Crippen LogP contribution in [0.5, 0.6) is 0 Å². The molecule has 3 heterocycles. The second-order valence-electron chi connectivity index (χ2n) is 15.9. The molecule has 11 rings (SSSR count). The van der Waals surface area contributed by atoms with Crippen molar-refractivity contribution in [1.29, 1.82) is 0 Å². The summed E-state index contributed by atoms with van der Waals surface area (Å²) in [4.78, 5) is 11.5. The van der Waals surface area contributed by atoms with Crippen LogP contribution in [-0.4, -0.2) is 30.7 Å². The van der Waals surface area contributed by atoms with Gasteiger partial charge in [-0.25, -0.2) is 4.57 Å². The van der Waals surface area contributed by atoms with E-state index < -0.39 is 16.1 Å². The number of nitrogens with zero attached hydrogens (tertiary/aromatic N) is 4. The summed E-state index contributed by atoms with van der Waals surface area (Å²) in [6.07, 6.45) is 1.92. The lowest BCUT2D eigenvalue weighted by Crippen LogP contribution is -2.89. The summed E-state index contributed by atoms with van der Waals surface area (Å²) in [6.45, 7) is 0. The maximum atomic E-state index is 6.22. The largest absolute Gasteiger partial charge is 0.280 e. The highest BCUT2D eigenvalue weighted by atomic mass is 28.3. The molecule has 0 unspecified atom stereocenters. The lowest BCUT2D eigenvalue weighted by Gasteiger charge is -2.37. The monoisotopic (exact) mass is 839 g/mol. The standard InChI is InChI=1S/C57H43N4Si2/c1-7-25-44(26-8-1)62(45-27-9-2-10-28-45,46-29-11-3-12-30-46)56-43-55(60-52-39-21-19-37-50(52)51-38-20-22-40-53(51)60)59-57(61(56)54-41-23-24-42-58-54)63(47-31-13-4-14-32-47,48-33-15-5-16-34-48)49-35-17-6-18-36-49/h1-43H/q+1. The fourth-order valence-electron chi connectivity index (χ4n) is 9.98. The summed E-state index contributed by atoms with van der Waals surface area (Å²) < 4.78 is 4.90. The first kappa shape index (κ1) is 38.2. The van der Waals surface area contributed by atoms with Crippen molar-refractivity contribution in [3.8, 4) is 11.6 Å². The van der Waals surface area contributed by atoms with Crippen LogP contribution in [0.4, 0.5) is 0 Å². The van der Waals surface area contributed by atoms with Crippen LogP contribution >= 0.6 is 0 Å². The van der Waals surface area contributed by atoms with E-state index >= 15 is 0 Å². The van der Waals surface area contributed by atoms with Gasteiger partial charge in [-0.3, -0.25) is 4.57 Å². The Morgan fingerprint density at radius 3 is 1.08 bits per heavy atom. The number of fused-ring (bicyclic) bond motifs is 3. The van der Waals surface area contributed by atoms with E-state index in [-0.39, 0.29) is 0 Å². The molecule has 8 aromatic carbocycles. The van der Waals surface area contributed by atoms with Gasteiger partial charge < -0.3 is 0 Å².